The van der Waals surface area contributed by atoms with Crippen molar-refractivity contribution in [3.8, 4) is 0 Å². The van der Waals surface area contributed by atoms with Gasteiger partial charge in [-0.2, -0.15) is 0 Å². The van der Waals surface area contributed by atoms with E-state index >= 15 is 0 Å². The number of pyridine rings is 1. The van der Waals surface area contributed by atoms with Gasteiger partial charge in [0.15, 0.2) is 0 Å². The monoisotopic (exact) mass is 276 g/mol. The van der Waals surface area contributed by atoms with Crippen molar-refractivity contribution in [1.82, 2.24) is 4.98 Å². The molecule has 1 aromatic heterocycles. The summed E-state index contributed by atoms with van der Waals surface area (Å²) in [5.41, 5.74) is 8.36. The number of nitrogens with two attached hydrogens (primary N) is 1. The molecule has 0 amide bonds. The Hall–Kier alpha value is -1.42. The molecule has 1 heterocycles. The van der Waals surface area contributed by atoms with Crippen molar-refractivity contribution in [2.24, 2.45) is 5.73 Å². The highest BCUT2D eigenvalue weighted by molar-refractivity contribution is 6.30. The minimum Gasteiger partial charge on any atom is -0.388 e. The lowest BCUT2D eigenvalue weighted by atomic mass is 9.92. The first-order valence-electron chi connectivity index (χ1n) is 6.18. The van der Waals surface area contributed by atoms with E-state index in [4.69, 9.17) is 17.3 Å². The number of hydrogen-bond donors (Lipinski definition) is 2. The Morgan fingerprint density at radius 3 is 2.68 bits per heavy atom. The van der Waals surface area contributed by atoms with Gasteiger partial charge in [-0.1, -0.05) is 23.7 Å². The lowest BCUT2D eigenvalue weighted by Crippen LogP contribution is -2.21. The smallest absolute Gasteiger partial charge is 0.0886 e. The first-order valence-corrected chi connectivity index (χ1v) is 6.55. The average molecular weight is 277 g/mol. The molecule has 3 N–H and O–H groups in total. The minimum atomic E-state index is -0.711. The Bertz CT molecular complexity index is 525. The van der Waals surface area contributed by atoms with Gasteiger partial charge in [0.2, 0.25) is 0 Å². The molecular formula is C15H17ClN2O. The summed E-state index contributed by atoms with van der Waals surface area (Å²) >= 11 is 6.03. The Kier molecular flexibility index (Phi) is 4.53. The SMILES string of the molecule is Cc1cc(Cl)cc(C(O)C(CN)c2ccccn2)c1. The summed E-state index contributed by atoms with van der Waals surface area (Å²) in [5.74, 6) is -0.237. The zero-order valence-electron chi connectivity index (χ0n) is 10.8. The number of hydrogen-bond acceptors (Lipinski definition) is 3. The van der Waals surface area contributed by atoms with Gasteiger partial charge in [-0.05, 0) is 42.3 Å². The zero-order chi connectivity index (χ0) is 13.8. The number of nitrogens with zero attached hydrogens (tertiary/aromatic N) is 1. The number of halogens is 1. The van der Waals surface area contributed by atoms with E-state index in [1.165, 1.54) is 0 Å². The molecule has 0 saturated heterocycles. The van der Waals surface area contributed by atoms with Crippen LogP contribution in [0.2, 0.25) is 5.02 Å². The third-order valence-electron chi connectivity index (χ3n) is 3.11. The minimum absolute atomic E-state index is 0.237. The zero-order valence-corrected chi connectivity index (χ0v) is 11.5. The van der Waals surface area contributed by atoms with Crippen LogP contribution in [0.1, 0.15) is 28.8 Å². The molecule has 2 atom stereocenters. The Balaban J connectivity index is 2.33. The van der Waals surface area contributed by atoms with E-state index in [9.17, 15) is 5.11 Å². The van der Waals surface area contributed by atoms with Crippen molar-refractivity contribution < 1.29 is 5.11 Å². The van der Waals surface area contributed by atoms with Gasteiger partial charge in [0.1, 0.15) is 0 Å². The topological polar surface area (TPSA) is 59.1 Å². The van der Waals surface area contributed by atoms with Crippen molar-refractivity contribution in [3.05, 3.63) is 64.4 Å². The van der Waals surface area contributed by atoms with Crippen LogP contribution in [0.3, 0.4) is 0 Å². The van der Waals surface area contributed by atoms with E-state index in [-0.39, 0.29) is 5.92 Å². The molecule has 0 spiro atoms. The standard InChI is InChI=1S/C15H17ClN2O/c1-10-6-11(8-12(16)7-10)15(19)13(9-17)14-4-2-3-5-18-14/h2-8,13,15,19H,9,17H2,1H3. The van der Waals surface area contributed by atoms with Crippen LogP contribution < -0.4 is 5.73 Å². The lowest BCUT2D eigenvalue weighted by Gasteiger charge is -2.22. The number of aromatic nitrogens is 1. The van der Waals surface area contributed by atoms with Gasteiger partial charge in [0.05, 0.1) is 6.10 Å². The summed E-state index contributed by atoms with van der Waals surface area (Å²) in [6.07, 6.45) is 0.991. The van der Waals surface area contributed by atoms with Gasteiger partial charge < -0.3 is 10.8 Å². The molecule has 0 aliphatic heterocycles. The fraction of sp³-hybridized carbons (Fsp3) is 0.267. The predicted octanol–water partition coefficient (Wildman–Crippen LogP) is 2.82. The van der Waals surface area contributed by atoms with Gasteiger partial charge in [0.25, 0.3) is 0 Å². The Morgan fingerprint density at radius 1 is 1.32 bits per heavy atom. The molecule has 1 aromatic carbocycles. The van der Waals surface area contributed by atoms with Crippen LogP contribution in [0.15, 0.2) is 42.6 Å². The first kappa shape index (κ1) is 14.0. The lowest BCUT2D eigenvalue weighted by molar-refractivity contribution is 0.145. The van der Waals surface area contributed by atoms with Crippen LogP contribution >= 0.6 is 11.6 Å². The maximum atomic E-state index is 10.5. The first-order chi connectivity index (χ1) is 9.11. The molecule has 3 nitrogen and oxygen atoms in total. The van der Waals surface area contributed by atoms with E-state index in [1.807, 2.05) is 37.3 Å². The average Bonchev–Trinajstić information content (AvgIpc) is 2.39. The second kappa shape index (κ2) is 6.15. The summed E-state index contributed by atoms with van der Waals surface area (Å²) < 4.78 is 0. The maximum Gasteiger partial charge on any atom is 0.0886 e. The van der Waals surface area contributed by atoms with Crippen molar-refractivity contribution in [3.63, 3.8) is 0 Å². The van der Waals surface area contributed by atoms with Crippen molar-refractivity contribution in [1.29, 1.82) is 0 Å². The van der Waals surface area contributed by atoms with E-state index in [2.05, 4.69) is 4.98 Å². The molecule has 0 fully saturated rings. The van der Waals surface area contributed by atoms with E-state index in [0.29, 0.717) is 11.6 Å². The van der Waals surface area contributed by atoms with Gasteiger partial charge in [-0.3, -0.25) is 4.98 Å². The van der Waals surface area contributed by atoms with Gasteiger partial charge in [-0.15, -0.1) is 0 Å². The molecule has 0 aliphatic carbocycles. The summed E-state index contributed by atoms with van der Waals surface area (Å²) in [5, 5.41) is 11.1. The molecule has 19 heavy (non-hydrogen) atoms. The molecule has 2 unspecified atom stereocenters. The molecule has 0 radical (unpaired) electrons. The van der Waals surface area contributed by atoms with Crippen LogP contribution in [0.5, 0.6) is 0 Å². The number of rotatable bonds is 4. The molecule has 2 rings (SSSR count). The van der Waals surface area contributed by atoms with Crippen molar-refractivity contribution >= 4 is 11.6 Å². The Labute approximate surface area is 118 Å². The van der Waals surface area contributed by atoms with Gasteiger partial charge in [-0.25, -0.2) is 0 Å². The van der Waals surface area contributed by atoms with Crippen LogP contribution in [-0.4, -0.2) is 16.6 Å². The van der Waals surface area contributed by atoms with Crippen LogP contribution in [0, 0.1) is 6.92 Å². The fourth-order valence-corrected chi connectivity index (χ4v) is 2.47. The number of aryl methyl sites for hydroxylation is 1. The number of benzene rings is 1. The second-order valence-corrected chi connectivity index (χ2v) is 5.04. The third kappa shape index (κ3) is 3.32. The predicted molar refractivity (Wildman–Crippen MR) is 77.2 cm³/mol. The van der Waals surface area contributed by atoms with Crippen molar-refractivity contribution in [2.75, 3.05) is 6.54 Å². The highest BCUT2D eigenvalue weighted by atomic mass is 35.5. The summed E-state index contributed by atoms with van der Waals surface area (Å²) in [6.45, 7) is 2.27. The highest BCUT2D eigenvalue weighted by Crippen LogP contribution is 2.30. The van der Waals surface area contributed by atoms with Crippen molar-refractivity contribution in [2.45, 2.75) is 18.9 Å². The second-order valence-electron chi connectivity index (χ2n) is 4.60. The maximum absolute atomic E-state index is 10.5. The van der Waals surface area contributed by atoms with E-state index in [1.54, 1.807) is 12.3 Å². The number of aliphatic hydroxyl groups is 1. The molecule has 100 valence electrons. The van der Waals surface area contributed by atoms with Gasteiger partial charge in [0, 0.05) is 29.4 Å². The summed E-state index contributed by atoms with van der Waals surface area (Å²) in [6, 6.07) is 11.1. The van der Waals surface area contributed by atoms with E-state index < -0.39 is 6.10 Å². The molecule has 4 heteroatoms. The quantitative estimate of drug-likeness (QED) is 0.903. The molecule has 0 saturated carbocycles. The summed E-state index contributed by atoms with van der Waals surface area (Å²) in [7, 11) is 0. The van der Waals surface area contributed by atoms with Crippen LogP contribution in [0.4, 0.5) is 0 Å². The number of aliphatic hydroxyl groups excluding tert-OH is 1. The van der Waals surface area contributed by atoms with Crippen LogP contribution in [-0.2, 0) is 0 Å². The van der Waals surface area contributed by atoms with Crippen LogP contribution in [0.25, 0.3) is 0 Å². The Morgan fingerprint density at radius 2 is 2.11 bits per heavy atom. The largest absolute Gasteiger partial charge is 0.388 e. The van der Waals surface area contributed by atoms with E-state index in [0.717, 1.165) is 16.8 Å². The molecule has 2 aromatic rings. The normalized spacial score (nSPS) is 14.1. The third-order valence-corrected chi connectivity index (χ3v) is 3.33. The molecular weight excluding hydrogens is 260 g/mol. The summed E-state index contributed by atoms with van der Waals surface area (Å²) in [4.78, 5) is 4.27. The highest BCUT2D eigenvalue weighted by Gasteiger charge is 2.22. The van der Waals surface area contributed by atoms with Gasteiger partial charge >= 0.3 is 0 Å². The molecule has 0 aliphatic rings. The fourth-order valence-electron chi connectivity index (χ4n) is 2.17. The molecule has 0 bridgehead atoms.